The van der Waals surface area contributed by atoms with E-state index in [0.717, 1.165) is 71.1 Å². The lowest BCUT2D eigenvalue weighted by molar-refractivity contribution is -0.121. The van der Waals surface area contributed by atoms with Gasteiger partial charge in [0.05, 0.1) is 23.0 Å². The van der Waals surface area contributed by atoms with E-state index in [-0.39, 0.29) is 80.5 Å². The first kappa shape index (κ1) is 51.4. The summed E-state index contributed by atoms with van der Waals surface area (Å²) in [7, 11) is 0. The number of carbonyl (C=O) groups excluding carboxylic acids is 3. The van der Waals surface area contributed by atoms with Crippen molar-refractivity contribution in [2.24, 2.45) is 5.41 Å². The number of Topliss-reactive ketones (excluding diaryl/α,β-unsaturated/α-hetero) is 2. The van der Waals surface area contributed by atoms with Crippen LogP contribution in [-0.4, -0.2) is 53.8 Å². The van der Waals surface area contributed by atoms with Gasteiger partial charge in [-0.1, -0.05) is 87.6 Å². The highest BCUT2D eigenvalue weighted by molar-refractivity contribution is 5.96. The minimum Gasteiger partial charge on any atom is -0.454 e. The van der Waals surface area contributed by atoms with E-state index in [1.165, 1.54) is 12.1 Å². The number of halogens is 2. The van der Waals surface area contributed by atoms with Gasteiger partial charge in [0.1, 0.15) is 29.5 Å². The molecule has 0 saturated heterocycles. The van der Waals surface area contributed by atoms with Crippen molar-refractivity contribution in [3.05, 3.63) is 125 Å². The predicted molar refractivity (Wildman–Crippen MR) is 263 cm³/mol. The van der Waals surface area contributed by atoms with Gasteiger partial charge < -0.3 is 33.9 Å². The zero-order valence-corrected chi connectivity index (χ0v) is 40.1. The van der Waals surface area contributed by atoms with Crippen molar-refractivity contribution >= 4 is 34.4 Å². The van der Waals surface area contributed by atoms with Crippen molar-refractivity contribution in [2.45, 2.75) is 137 Å². The first-order valence-corrected chi connectivity index (χ1v) is 23.3. The van der Waals surface area contributed by atoms with Crippen molar-refractivity contribution in [1.29, 1.82) is 0 Å². The Balaban J connectivity index is 0.000000199. The van der Waals surface area contributed by atoms with Crippen LogP contribution in [0.4, 0.5) is 14.5 Å². The number of nitrogens with one attached hydrogen (secondary N) is 1. The second kappa shape index (κ2) is 20.3. The summed E-state index contributed by atoms with van der Waals surface area (Å²) in [5.41, 5.74) is 5.35. The van der Waals surface area contributed by atoms with Gasteiger partial charge in [-0.2, -0.15) is 0 Å². The van der Waals surface area contributed by atoms with E-state index in [9.17, 15) is 19.1 Å². The van der Waals surface area contributed by atoms with Gasteiger partial charge in [-0.25, -0.2) is 8.78 Å². The number of aromatic nitrogens is 1. The highest BCUT2D eigenvalue weighted by Gasteiger charge is 2.52. The number of ether oxygens (including phenoxy) is 4. The molecule has 2 fully saturated rings. The monoisotopic (exact) mass is 934 g/mol. The average molecular weight is 935 g/mol. The van der Waals surface area contributed by atoms with Gasteiger partial charge >= 0.3 is 0 Å². The molecule has 0 bridgehead atoms. The molecule has 10 rings (SSSR count). The van der Waals surface area contributed by atoms with Crippen LogP contribution < -0.4 is 24.3 Å². The Morgan fingerprint density at radius 3 is 1.71 bits per heavy atom. The maximum atomic E-state index is 15.1. The van der Waals surface area contributed by atoms with Crippen LogP contribution in [0.3, 0.4) is 0 Å². The molecular weight excluding hydrogens is 867 g/mol. The molecule has 2 N–H and O–H groups in total. The number of aldehydes is 1. The van der Waals surface area contributed by atoms with E-state index in [0.29, 0.717) is 47.0 Å². The van der Waals surface area contributed by atoms with E-state index in [4.69, 9.17) is 23.7 Å². The molecule has 0 spiro atoms. The summed E-state index contributed by atoms with van der Waals surface area (Å²) in [6, 6.07) is 20.4. The maximum Gasteiger partial charge on any atom is 0.231 e. The summed E-state index contributed by atoms with van der Waals surface area (Å²) in [4.78, 5) is 35.6. The Morgan fingerprint density at radius 2 is 1.25 bits per heavy atom. The van der Waals surface area contributed by atoms with Crippen LogP contribution >= 0.6 is 0 Å². The van der Waals surface area contributed by atoms with Gasteiger partial charge in [0, 0.05) is 47.6 Å². The largest absolute Gasteiger partial charge is 0.454 e. The summed E-state index contributed by atoms with van der Waals surface area (Å²) in [5.74, 6) is 2.16. The normalized spacial score (nSPS) is 17.1. The summed E-state index contributed by atoms with van der Waals surface area (Å²) in [5, 5.41) is 13.8. The lowest BCUT2D eigenvalue weighted by Gasteiger charge is -2.27. The Kier molecular flexibility index (Phi) is 15.3. The molecule has 5 aromatic rings. The number of ketones is 2. The standard InChI is InChI=1S/C26H28FNO4.C24H26FNO3.C3H4O.C2H6.CH4/c1-25(2,3)23-11-17-10-16(19(27)14-20(17)28(23)8-9-29)12-24(30)26(6-7-26)18-4-5-21-22(13-18)32-15-31-21;1-23(2,3)21-9-15-8-14(17(25)12-18(15)26-21)10-22(27)24(6-7-24)16-4-5-19-20(11-16)29-13-28-19;1-2-3-4;1-2;/h4-5,10-11,13-14,29H,6-9,12,15H2,1-3H3;4-5,8,11-12,21,26H,6-7,9-10,13H2,1-3H3;2-3H,1H2;1-2H3;1H4. The Morgan fingerprint density at radius 1 is 0.765 bits per heavy atom. The number of allylic oxidation sites excluding steroid dienone is 1. The molecular formula is C56H68F2N2O8. The molecule has 12 heteroatoms. The van der Waals surface area contributed by atoms with E-state index < -0.39 is 10.8 Å². The van der Waals surface area contributed by atoms with E-state index in [1.54, 1.807) is 12.1 Å². The number of rotatable bonds is 11. The van der Waals surface area contributed by atoms with Crippen molar-refractivity contribution in [1.82, 2.24) is 4.57 Å². The predicted octanol–water partition coefficient (Wildman–Crippen LogP) is 11.5. The first-order valence-electron chi connectivity index (χ1n) is 23.3. The van der Waals surface area contributed by atoms with Crippen molar-refractivity contribution in [3.8, 4) is 23.0 Å². The average Bonchev–Trinajstić information content (AvgIpc) is 4.04. The van der Waals surface area contributed by atoms with Crippen LogP contribution in [0.2, 0.25) is 0 Å². The second-order valence-corrected chi connectivity index (χ2v) is 19.9. The molecule has 0 radical (unpaired) electrons. The molecule has 10 nitrogen and oxygen atoms in total. The highest BCUT2D eigenvalue weighted by Crippen LogP contribution is 2.53. The van der Waals surface area contributed by atoms with Crippen molar-refractivity contribution in [3.63, 3.8) is 0 Å². The molecule has 68 heavy (non-hydrogen) atoms. The van der Waals surface area contributed by atoms with Gasteiger partial charge in [0.15, 0.2) is 23.0 Å². The molecule has 0 amide bonds. The van der Waals surface area contributed by atoms with Crippen LogP contribution in [-0.2, 0) is 56.4 Å². The lowest BCUT2D eigenvalue weighted by atomic mass is 9.84. The third-order valence-corrected chi connectivity index (χ3v) is 13.4. The minimum absolute atomic E-state index is 0. The summed E-state index contributed by atoms with van der Waals surface area (Å²) in [6.07, 6.45) is 5.97. The number of aliphatic hydroxyl groups is 1. The van der Waals surface area contributed by atoms with Crippen LogP contribution in [0.15, 0.2) is 79.4 Å². The van der Waals surface area contributed by atoms with Gasteiger partial charge in [-0.15, -0.1) is 0 Å². The van der Waals surface area contributed by atoms with Gasteiger partial charge in [-0.3, -0.25) is 14.4 Å². The van der Waals surface area contributed by atoms with Gasteiger partial charge in [0.2, 0.25) is 13.6 Å². The highest BCUT2D eigenvalue weighted by atomic mass is 19.1. The zero-order valence-electron chi connectivity index (χ0n) is 40.1. The molecule has 1 aromatic heterocycles. The number of carbonyl (C=O) groups is 3. The fourth-order valence-corrected chi connectivity index (χ4v) is 9.30. The summed E-state index contributed by atoms with van der Waals surface area (Å²) in [6.45, 7) is 20.7. The molecule has 1 unspecified atom stereocenters. The summed E-state index contributed by atoms with van der Waals surface area (Å²) < 4.78 is 53.6. The number of benzene rings is 4. The third-order valence-electron chi connectivity index (χ3n) is 13.4. The molecule has 364 valence electrons. The second-order valence-electron chi connectivity index (χ2n) is 19.9. The van der Waals surface area contributed by atoms with E-state index >= 15 is 4.39 Å². The van der Waals surface area contributed by atoms with E-state index in [1.807, 2.05) is 66.9 Å². The molecule has 3 aliphatic heterocycles. The topological polar surface area (TPSA) is 125 Å². The maximum absolute atomic E-state index is 15.1. The Labute approximate surface area is 400 Å². The number of aliphatic hydroxyl groups excluding tert-OH is 1. The number of hydrogen-bond acceptors (Lipinski definition) is 9. The number of anilines is 1. The molecule has 2 saturated carbocycles. The van der Waals surface area contributed by atoms with Crippen LogP contribution in [0.1, 0.15) is 122 Å². The number of fused-ring (bicyclic) bond motifs is 4. The summed E-state index contributed by atoms with van der Waals surface area (Å²) >= 11 is 0. The Bertz CT molecular complexity index is 2680. The van der Waals surface area contributed by atoms with Crippen molar-refractivity contribution < 1.29 is 47.2 Å². The lowest BCUT2D eigenvalue weighted by Crippen LogP contribution is -2.31. The fourth-order valence-electron chi connectivity index (χ4n) is 9.30. The fraction of sp³-hybridized carbons (Fsp3) is 0.446. The van der Waals surface area contributed by atoms with Crippen LogP contribution in [0.25, 0.3) is 10.9 Å². The molecule has 1 atom stereocenters. The smallest absolute Gasteiger partial charge is 0.231 e. The number of hydrogen-bond donors (Lipinski definition) is 2. The molecule has 4 heterocycles. The van der Waals surface area contributed by atoms with E-state index in [2.05, 4.69) is 53.4 Å². The molecule has 2 aliphatic carbocycles. The number of nitrogens with zero attached hydrogens (tertiary/aromatic N) is 1. The third kappa shape index (κ3) is 10.4. The quantitative estimate of drug-likeness (QED) is 0.0983. The van der Waals surface area contributed by atoms with Gasteiger partial charge in [-0.05, 0) is 120 Å². The van der Waals surface area contributed by atoms with Crippen LogP contribution in [0, 0.1) is 17.0 Å². The van der Waals surface area contributed by atoms with Crippen molar-refractivity contribution in [2.75, 3.05) is 25.5 Å². The zero-order chi connectivity index (χ0) is 48.5. The molecule has 5 aliphatic rings. The first-order chi connectivity index (χ1) is 31.9. The van der Waals surface area contributed by atoms with Gasteiger partial charge in [0.25, 0.3) is 0 Å². The SMILES string of the molecule is C.C=CC=O.CC.CC(C)(C)C1Cc2cc(CC(=O)C3(c4ccc5c(c4)OCO5)CC3)c(F)cc2N1.CC(C)(C)c1cc2cc(CC(=O)C3(c4ccc5c(c4)OCO5)CC3)c(F)cc2n1CCO. The van der Waals surface area contributed by atoms with Crippen LogP contribution in [0.5, 0.6) is 23.0 Å². The minimum atomic E-state index is -0.568. The Hall–Kier alpha value is -6.01. The molecule has 4 aromatic carbocycles.